The van der Waals surface area contributed by atoms with E-state index in [1.54, 1.807) is 0 Å². The molecule has 0 radical (unpaired) electrons. The maximum absolute atomic E-state index is 14.2. The van der Waals surface area contributed by atoms with Gasteiger partial charge in [0.05, 0.1) is 17.2 Å². The van der Waals surface area contributed by atoms with Gasteiger partial charge in [-0.2, -0.15) is 5.10 Å². The predicted molar refractivity (Wildman–Crippen MR) is 130 cm³/mol. The summed E-state index contributed by atoms with van der Waals surface area (Å²) in [5, 5.41) is 6.88. The molecule has 4 fully saturated rings. The minimum Gasteiger partial charge on any atom is -0.272 e. The molecular formula is C26H26Br2N2O. The van der Waals surface area contributed by atoms with Gasteiger partial charge in [0.25, 0.3) is 0 Å². The van der Waals surface area contributed by atoms with E-state index in [1.807, 2.05) is 11.1 Å². The fourth-order valence-corrected chi connectivity index (χ4v) is 7.78. The Balaban J connectivity index is 1.38. The SMILES string of the molecule is O=C(N1N=C(c2ccc(Br)cc2)C[C@@H]1c1cccc(Br)c1)C12CC3CC(CC(C3)C1)C2. The van der Waals surface area contributed by atoms with Crippen LogP contribution in [-0.4, -0.2) is 16.6 Å². The molecule has 1 amide bonds. The summed E-state index contributed by atoms with van der Waals surface area (Å²) in [6.07, 6.45) is 8.00. The lowest BCUT2D eigenvalue weighted by Gasteiger charge is -2.56. The maximum Gasteiger partial charge on any atom is 0.249 e. The second-order valence-electron chi connectivity index (χ2n) is 10.2. The van der Waals surface area contributed by atoms with Crippen LogP contribution in [0, 0.1) is 23.2 Å². The number of halogens is 2. The van der Waals surface area contributed by atoms with Crippen molar-refractivity contribution in [2.24, 2.45) is 28.3 Å². The standard InChI is InChI=1S/C26H26Br2N2O/c27-21-6-4-19(5-7-21)23-12-24(20-2-1-3-22(28)11-20)30(29-23)25(31)26-13-16-8-17(14-26)10-18(9-16)15-26/h1-7,11,16-18,24H,8-10,12-15H2/t16?,17?,18?,24-,26?/m1/s1. The summed E-state index contributed by atoms with van der Waals surface area (Å²) in [5.41, 5.74) is 3.08. The molecule has 0 spiro atoms. The van der Waals surface area contributed by atoms with Crippen molar-refractivity contribution in [3.63, 3.8) is 0 Å². The highest BCUT2D eigenvalue weighted by Gasteiger charge is 2.57. The molecule has 3 nitrogen and oxygen atoms in total. The zero-order valence-corrected chi connectivity index (χ0v) is 20.6. The Bertz CT molecular complexity index is 1030. The lowest BCUT2D eigenvalue weighted by atomic mass is 9.49. The van der Waals surface area contributed by atoms with Crippen molar-refractivity contribution in [3.05, 3.63) is 68.6 Å². The molecule has 4 saturated carbocycles. The minimum atomic E-state index is -0.183. The number of rotatable bonds is 3. The average molecular weight is 542 g/mol. The number of hydrogen-bond acceptors (Lipinski definition) is 2. The molecule has 4 bridgehead atoms. The van der Waals surface area contributed by atoms with Crippen LogP contribution in [-0.2, 0) is 4.79 Å². The van der Waals surface area contributed by atoms with Crippen molar-refractivity contribution in [2.45, 2.75) is 51.0 Å². The first-order valence-electron chi connectivity index (χ1n) is 11.4. The van der Waals surface area contributed by atoms with Crippen molar-refractivity contribution in [1.29, 1.82) is 0 Å². The number of carbonyl (C=O) groups excluding carboxylic acids is 1. The van der Waals surface area contributed by atoms with Crippen LogP contribution in [0.5, 0.6) is 0 Å². The molecule has 0 aromatic heterocycles. The first-order chi connectivity index (χ1) is 15.0. The molecule has 7 rings (SSSR count). The molecule has 31 heavy (non-hydrogen) atoms. The lowest BCUT2D eigenvalue weighted by molar-refractivity contribution is -0.159. The van der Waals surface area contributed by atoms with E-state index in [-0.39, 0.29) is 17.4 Å². The Kier molecular flexibility index (Phi) is 4.91. The average Bonchev–Trinajstić information content (AvgIpc) is 3.18. The topological polar surface area (TPSA) is 32.7 Å². The molecule has 5 heteroatoms. The second kappa shape index (κ2) is 7.55. The second-order valence-corrected chi connectivity index (χ2v) is 12.0. The molecule has 4 aliphatic carbocycles. The van der Waals surface area contributed by atoms with Gasteiger partial charge in [-0.3, -0.25) is 4.79 Å². The van der Waals surface area contributed by atoms with Crippen molar-refractivity contribution in [2.75, 3.05) is 0 Å². The van der Waals surface area contributed by atoms with Gasteiger partial charge in [-0.1, -0.05) is 56.1 Å². The van der Waals surface area contributed by atoms with Crippen molar-refractivity contribution in [1.82, 2.24) is 5.01 Å². The van der Waals surface area contributed by atoms with Crippen LogP contribution in [0.15, 0.2) is 62.6 Å². The summed E-state index contributed by atoms with van der Waals surface area (Å²) in [7, 11) is 0. The summed E-state index contributed by atoms with van der Waals surface area (Å²) in [4.78, 5) is 14.2. The van der Waals surface area contributed by atoms with Crippen LogP contribution in [0.3, 0.4) is 0 Å². The molecule has 2 aromatic carbocycles. The van der Waals surface area contributed by atoms with Crippen LogP contribution >= 0.6 is 31.9 Å². The van der Waals surface area contributed by atoms with Crippen LogP contribution in [0.25, 0.3) is 0 Å². The summed E-state index contributed by atoms with van der Waals surface area (Å²) >= 11 is 7.15. The van der Waals surface area contributed by atoms with Gasteiger partial charge in [0, 0.05) is 15.4 Å². The van der Waals surface area contributed by atoms with E-state index in [4.69, 9.17) is 5.10 Å². The molecule has 0 saturated heterocycles. The molecule has 2 aromatic rings. The fraction of sp³-hybridized carbons (Fsp3) is 0.462. The van der Waals surface area contributed by atoms with Gasteiger partial charge in [0.2, 0.25) is 5.91 Å². The zero-order chi connectivity index (χ0) is 21.2. The van der Waals surface area contributed by atoms with Gasteiger partial charge < -0.3 is 0 Å². The van der Waals surface area contributed by atoms with Crippen molar-refractivity contribution < 1.29 is 4.79 Å². The van der Waals surface area contributed by atoms with Crippen molar-refractivity contribution in [3.8, 4) is 0 Å². The largest absolute Gasteiger partial charge is 0.272 e. The molecule has 0 unspecified atom stereocenters. The van der Waals surface area contributed by atoms with Gasteiger partial charge in [-0.15, -0.1) is 0 Å². The smallest absolute Gasteiger partial charge is 0.249 e. The molecule has 5 aliphatic rings. The van der Waals surface area contributed by atoms with E-state index in [2.05, 4.69) is 74.3 Å². The van der Waals surface area contributed by atoms with Gasteiger partial charge >= 0.3 is 0 Å². The first kappa shape index (κ1) is 20.2. The third kappa shape index (κ3) is 3.52. The van der Waals surface area contributed by atoms with Crippen LogP contribution < -0.4 is 0 Å². The summed E-state index contributed by atoms with van der Waals surface area (Å²) in [5.74, 6) is 2.52. The Hall–Kier alpha value is -1.46. The highest BCUT2D eigenvalue weighted by molar-refractivity contribution is 9.10. The molecule has 1 heterocycles. The molecular weight excluding hydrogens is 516 g/mol. The van der Waals surface area contributed by atoms with E-state index in [0.717, 1.165) is 69.2 Å². The molecule has 160 valence electrons. The number of nitrogens with zero attached hydrogens (tertiary/aromatic N) is 2. The quantitative estimate of drug-likeness (QED) is 0.407. The zero-order valence-electron chi connectivity index (χ0n) is 17.4. The fourth-order valence-electron chi connectivity index (χ4n) is 7.10. The van der Waals surface area contributed by atoms with Gasteiger partial charge in [-0.25, -0.2) is 5.01 Å². The number of carbonyl (C=O) groups is 1. The van der Waals surface area contributed by atoms with Crippen molar-refractivity contribution >= 4 is 43.5 Å². The lowest BCUT2D eigenvalue weighted by Crippen LogP contribution is -2.53. The summed E-state index contributed by atoms with van der Waals surface area (Å²) in [6, 6.07) is 16.6. The van der Waals surface area contributed by atoms with E-state index in [1.165, 1.54) is 19.3 Å². The highest BCUT2D eigenvalue weighted by Crippen LogP contribution is 2.61. The molecule has 0 N–H and O–H groups in total. The number of hydrazone groups is 1. The Morgan fingerprint density at radius 3 is 2.16 bits per heavy atom. The van der Waals surface area contributed by atoms with Crippen LogP contribution in [0.4, 0.5) is 0 Å². The monoisotopic (exact) mass is 540 g/mol. The number of hydrogen-bond donors (Lipinski definition) is 0. The van der Waals surface area contributed by atoms with Gasteiger partial charge in [0.1, 0.15) is 0 Å². The molecule has 1 atom stereocenters. The van der Waals surface area contributed by atoms with E-state index in [0.29, 0.717) is 0 Å². The third-order valence-corrected chi connectivity index (χ3v) is 9.04. The predicted octanol–water partition coefficient (Wildman–Crippen LogP) is 7.11. The van der Waals surface area contributed by atoms with Crippen LogP contribution in [0.1, 0.15) is 62.1 Å². The number of amides is 1. The number of benzene rings is 2. The molecule has 1 aliphatic heterocycles. The van der Waals surface area contributed by atoms with Gasteiger partial charge in [-0.05, 0) is 91.7 Å². The normalized spacial score (nSPS) is 33.6. The highest BCUT2D eigenvalue weighted by atomic mass is 79.9. The van der Waals surface area contributed by atoms with E-state index in [9.17, 15) is 4.79 Å². The third-order valence-electron chi connectivity index (χ3n) is 8.02. The Labute approximate surface area is 200 Å². The first-order valence-corrected chi connectivity index (χ1v) is 13.0. The van der Waals surface area contributed by atoms with Crippen LogP contribution in [0.2, 0.25) is 0 Å². The van der Waals surface area contributed by atoms with E-state index >= 15 is 0 Å². The summed E-state index contributed by atoms with van der Waals surface area (Å²) in [6.45, 7) is 0. The Morgan fingerprint density at radius 2 is 1.55 bits per heavy atom. The summed E-state index contributed by atoms with van der Waals surface area (Å²) < 4.78 is 2.10. The van der Waals surface area contributed by atoms with E-state index < -0.39 is 0 Å². The Morgan fingerprint density at radius 1 is 0.903 bits per heavy atom. The maximum atomic E-state index is 14.2. The van der Waals surface area contributed by atoms with Gasteiger partial charge in [0.15, 0.2) is 0 Å². The minimum absolute atomic E-state index is 0.0309.